The molecular formula is C19H27N5OS. The maximum absolute atomic E-state index is 5.45. The van der Waals surface area contributed by atoms with E-state index >= 15 is 0 Å². The molecule has 0 aromatic carbocycles. The van der Waals surface area contributed by atoms with Crippen molar-refractivity contribution in [1.82, 2.24) is 15.6 Å². The van der Waals surface area contributed by atoms with Crippen LogP contribution in [0.2, 0.25) is 0 Å². The molecule has 1 aliphatic heterocycles. The topological polar surface area (TPSA) is 61.8 Å². The van der Waals surface area contributed by atoms with Gasteiger partial charge in [0.1, 0.15) is 5.82 Å². The summed E-state index contributed by atoms with van der Waals surface area (Å²) in [4.78, 5) is 13.0. The molecule has 0 atom stereocenters. The molecule has 7 heteroatoms. The van der Waals surface area contributed by atoms with E-state index in [4.69, 9.17) is 9.73 Å². The van der Waals surface area contributed by atoms with Crippen LogP contribution in [-0.2, 0) is 17.7 Å². The highest BCUT2D eigenvalue weighted by molar-refractivity contribution is 7.09. The Labute approximate surface area is 159 Å². The van der Waals surface area contributed by atoms with Gasteiger partial charge < -0.3 is 20.3 Å². The molecule has 0 spiro atoms. The van der Waals surface area contributed by atoms with Crippen LogP contribution in [-0.4, -0.2) is 50.3 Å². The van der Waals surface area contributed by atoms with Crippen molar-refractivity contribution in [2.24, 2.45) is 4.99 Å². The predicted octanol–water partition coefficient (Wildman–Crippen LogP) is 2.28. The lowest BCUT2D eigenvalue weighted by Gasteiger charge is -2.29. The van der Waals surface area contributed by atoms with Crippen LogP contribution in [0.15, 0.2) is 40.8 Å². The fourth-order valence-corrected chi connectivity index (χ4v) is 3.59. The molecule has 140 valence electrons. The van der Waals surface area contributed by atoms with Crippen LogP contribution in [0, 0.1) is 0 Å². The molecule has 0 bridgehead atoms. The Morgan fingerprint density at radius 2 is 2.15 bits per heavy atom. The maximum atomic E-state index is 5.45. The summed E-state index contributed by atoms with van der Waals surface area (Å²) in [5, 5.41) is 8.86. The lowest BCUT2D eigenvalue weighted by atomic mass is 10.2. The largest absolute Gasteiger partial charge is 0.378 e. The number of nitrogens with one attached hydrogen (secondary N) is 2. The molecule has 0 saturated carbocycles. The first kappa shape index (κ1) is 18.7. The molecule has 1 saturated heterocycles. The van der Waals surface area contributed by atoms with Crippen LogP contribution in [0.1, 0.15) is 17.4 Å². The number of aromatic nitrogens is 1. The molecule has 3 rings (SSSR count). The average Bonchev–Trinajstić information content (AvgIpc) is 3.20. The average molecular weight is 374 g/mol. The van der Waals surface area contributed by atoms with E-state index in [9.17, 15) is 0 Å². The second-order valence-corrected chi connectivity index (χ2v) is 7.07. The van der Waals surface area contributed by atoms with E-state index in [0.717, 1.165) is 63.2 Å². The lowest BCUT2D eigenvalue weighted by molar-refractivity contribution is 0.122. The van der Waals surface area contributed by atoms with E-state index in [2.05, 4.69) is 51.0 Å². The van der Waals surface area contributed by atoms with Gasteiger partial charge in [-0.3, -0.25) is 0 Å². The van der Waals surface area contributed by atoms with Crippen molar-refractivity contribution < 1.29 is 4.74 Å². The zero-order valence-electron chi connectivity index (χ0n) is 15.3. The quantitative estimate of drug-likeness (QED) is 0.576. The number of ether oxygens (including phenoxy) is 1. The monoisotopic (exact) mass is 373 g/mol. The van der Waals surface area contributed by atoms with Crippen LogP contribution in [0.25, 0.3) is 0 Å². The third-order valence-electron chi connectivity index (χ3n) is 4.17. The van der Waals surface area contributed by atoms with Gasteiger partial charge in [-0.1, -0.05) is 12.1 Å². The van der Waals surface area contributed by atoms with Gasteiger partial charge in [-0.15, -0.1) is 11.3 Å². The molecule has 1 aliphatic rings. The number of morpholine rings is 1. The van der Waals surface area contributed by atoms with Gasteiger partial charge in [-0.2, -0.15) is 0 Å². The summed E-state index contributed by atoms with van der Waals surface area (Å²) in [6.45, 7) is 7.68. The van der Waals surface area contributed by atoms with Crippen molar-refractivity contribution in [3.63, 3.8) is 0 Å². The Hall–Kier alpha value is -2.12. The third-order valence-corrected chi connectivity index (χ3v) is 5.11. The Morgan fingerprint density at radius 3 is 2.92 bits per heavy atom. The number of rotatable bonds is 7. The Morgan fingerprint density at radius 1 is 1.27 bits per heavy atom. The van der Waals surface area contributed by atoms with E-state index < -0.39 is 0 Å². The molecule has 3 heterocycles. The standard InChI is InChI=1S/C19H27N5OS/c1-2-20-19(22-9-7-17-6-4-14-26-17)23-15-16-5-3-8-21-18(16)24-10-12-25-13-11-24/h3-6,8,14H,2,7,9-13,15H2,1H3,(H2,20,22,23). The van der Waals surface area contributed by atoms with Gasteiger partial charge in [0, 0.05) is 42.8 Å². The number of guanidine groups is 1. The Kier molecular flexibility index (Phi) is 7.27. The lowest BCUT2D eigenvalue weighted by Crippen LogP contribution is -2.38. The van der Waals surface area contributed by atoms with Gasteiger partial charge in [0.15, 0.2) is 5.96 Å². The van der Waals surface area contributed by atoms with Crippen LogP contribution in [0.5, 0.6) is 0 Å². The third kappa shape index (κ3) is 5.44. The van der Waals surface area contributed by atoms with E-state index in [0.29, 0.717) is 6.54 Å². The van der Waals surface area contributed by atoms with E-state index in [1.54, 1.807) is 11.3 Å². The summed E-state index contributed by atoms with van der Waals surface area (Å²) < 4.78 is 5.45. The second-order valence-electron chi connectivity index (χ2n) is 6.04. The Balaban J connectivity index is 1.61. The molecule has 2 aromatic heterocycles. The van der Waals surface area contributed by atoms with Crippen molar-refractivity contribution in [2.75, 3.05) is 44.3 Å². The summed E-state index contributed by atoms with van der Waals surface area (Å²) in [6, 6.07) is 8.35. The summed E-state index contributed by atoms with van der Waals surface area (Å²) in [5.41, 5.74) is 1.14. The molecule has 26 heavy (non-hydrogen) atoms. The number of thiophene rings is 1. The number of anilines is 1. The van der Waals surface area contributed by atoms with Crippen LogP contribution in [0.4, 0.5) is 5.82 Å². The van der Waals surface area contributed by atoms with Gasteiger partial charge in [-0.05, 0) is 30.9 Å². The molecule has 2 aromatic rings. The minimum absolute atomic E-state index is 0.606. The second kappa shape index (κ2) is 10.1. The highest BCUT2D eigenvalue weighted by Gasteiger charge is 2.15. The maximum Gasteiger partial charge on any atom is 0.191 e. The summed E-state index contributed by atoms with van der Waals surface area (Å²) in [7, 11) is 0. The predicted molar refractivity (Wildman–Crippen MR) is 108 cm³/mol. The van der Waals surface area contributed by atoms with Crippen molar-refractivity contribution in [3.8, 4) is 0 Å². The number of hydrogen-bond donors (Lipinski definition) is 2. The summed E-state index contributed by atoms with van der Waals surface area (Å²) >= 11 is 1.79. The highest BCUT2D eigenvalue weighted by atomic mass is 32.1. The first-order valence-corrected chi connectivity index (χ1v) is 10.1. The molecule has 0 amide bonds. The van der Waals surface area contributed by atoms with Crippen LogP contribution < -0.4 is 15.5 Å². The van der Waals surface area contributed by atoms with Crippen molar-refractivity contribution in [1.29, 1.82) is 0 Å². The fourth-order valence-electron chi connectivity index (χ4n) is 2.88. The summed E-state index contributed by atoms with van der Waals surface area (Å²) in [5.74, 6) is 1.87. The van der Waals surface area contributed by atoms with E-state index in [-0.39, 0.29) is 0 Å². The summed E-state index contributed by atoms with van der Waals surface area (Å²) in [6.07, 6.45) is 2.86. The molecule has 1 fully saturated rings. The van der Waals surface area contributed by atoms with Crippen LogP contribution >= 0.6 is 11.3 Å². The Bertz CT molecular complexity index is 683. The number of nitrogens with zero attached hydrogens (tertiary/aromatic N) is 3. The first-order valence-electron chi connectivity index (χ1n) is 9.18. The van der Waals surface area contributed by atoms with Gasteiger partial charge in [0.2, 0.25) is 0 Å². The van der Waals surface area contributed by atoms with Gasteiger partial charge >= 0.3 is 0 Å². The zero-order valence-corrected chi connectivity index (χ0v) is 16.1. The smallest absolute Gasteiger partial charge is 0.191 e. The number of pyridine rings is 1. The molecular weight excluding hydrogens is 346 g/mol. The van der Waals surface area contributed by atoms with Gasteiger partial charge in [0.25, 0.3) is 0 Å². The first-order chi connectivity index (χ1) is 12.9. The molecule has 6 nitrogen and oxygen atoms in total. The fraction of sp³-hybridized carbons (Fsp3) is 0.474. The number of aliphatic imine (C=N–C) groups is 1. The SMILES string of the molecule is CCNC(=NCc1cccnc1N1CCOCC1)NCCc1cccs1. The number of hydrogen-bond acceptors (Lipinski definition) is 5. The molecule has 0 unspecified atom stereocenters. The molecule has 2 N–H and O–H groups in total. The highest BCUT2D eigenvalue weighted by Crippen LogP contribution is 2.19. The molecule has 0 radical (unpaired) electrons. The minimum atomic E-state index is 0.606. The van der Waals surface area contributed by atoms with Crippen molar-refractivity contribution in [3.05, 3.63) is 46.3 Å². The van der Waals surface area contributed by atoms with Gasteiger partial charge in [0.05, 0.1) is 19.8 Å². The zero-order chi connectivity index (χ0) is 18.0. The van der Waals surface area contributed by atoms with Gasteiger partial charge in [-0.25, -0.2) is 9.98 Å². The van der Waals surface area contributed by atoms with Crippen molar-refractivity contribution in [2.45, 2.75) is 19.9 Å². The van der Waals surface area contributed by atoms with E-state index in [1.807, 2.05) is 12.3 Å². The van der Waals surface area contributed by atoms with E-state index in [1.165, 1.54) is 4.88 Å². The van der Waals surface area contributed by atoms with Crippen LogP contribution in [0.3, 0.4) is 0 Å². The molecule has 0 aliphatic carbocycles. The minimum Gasteiger partial charge on any atom is -0.378 e. The normalized spacial score (nSPS) is 15.1. The van der Waals surface area contributed by atoms with Crippen molar-refractivity contribution >= 4 is 23.1 Å².